The molecule has 1 aliphatic rings. The van der Waals surface area contributed by atoms with Crippen molar-refractivity contribution in [2.45, 2.75) is 31.4 Å². The molecule has 5 nitrogen and oxygen atoms in total. The third kappa shape index (κ3) is 6.16. The molecule has 2 aromatic carbocycles. The lowest BCUT2D eigenvalue weighted by Crippen LogP contribution is -2.45. The fraction of sp³-hybridized carbons (Fsp3) is 0.435. The van der Waals surface area contributed by atoms with Crippen molar-refractivity contribution in [2.24, 2.45) is 11.7 Å². The van der Waals surface area contributed by atoms with Crippen LogP contribution in [-0.2, 0) is 11.2 Å². The van der Waals surface area contributed by atoms with Gasteiger partial charge in [-0.25, -0.2) is 0 Å². The van der Waals surface area contributed by atoms with Gasteiger partial charge in [0.05, 0.1) is 12.1 Å². The van der Waals surface area contributed by atoms with Crippen molar-refractivity contribution < 1.29 is 9.90 Å². The molecule has 0 radical (unpaired) electrons. The highest BCUT2D eigenvalue weighted by Crippen LogP contribution is 2.20. The van der Waals surface area contributed by atoms with Crippen molar-refractivity contribution in [2.75, 3.05) is 26.2 Å². The summed E-state index contributed by atoms with van der Waals surface area (Å²) in [6.45, 7) is 3.22. The zero-order valence-electron chi connectivity index (χ0n) is 16.3. The Bertz CT molecular complexity index is 715. The number of nitrogens with zero attached hydrogens (tertiary/aromatic N) is 1. The Morgan fingerprint density at radius 2 is 1.68 bits per heavy atom. The minimum atomic E-state index is -0.511. The Morgan fingerprint density at radius 3 is 2.32 bits per heavy atom. The number of nitrogens with two attached hydrogens (primary N) is 1. The van der Waals surface area contributed by atoms with Crippen molar-refractivity contribution in [1.29, 1.82) is 0 Å². The minimum absolute atomic E-state index is 0.0780. The molecule has 0 spiro atoms. The third-order valence-electron chi connectivity index (χ3n) is 5.52. The van der Waals surface area contributed by atoms with E-state index in [4.69, 9.17) is 5.73 Å². The van der Waals surface area contributed by atoms with Crippen LogP contribution in [0.2, 0.25) is 0 Å². The number of amides is 1. The van der Waals surface area contributed by atoms with Crippen LogP contribution in [0, 0.1) is 5.92 Å². The SMILES string of the molecule is NC(Cc1ccccc1)C(=O)NCC1CCN(CC(O)c2ccccc2)CC1. The Morgan fingerprint density at radius 1 is 1.07 bits per heavy atom. The second kappa shape index (κ2) is 10.4. The summed E-state index contributed by atoms with van der Waals surface area (Å²) in [6, 6.07) is 19.2. The Kier molecular flexibility index (Phi) is 7.60. The van der Waals surface area contributed by atoms with E-state index in [1.165, 1.54) is 0 Å². The lowest BCUT2D eigenvalue weighted by Gasteiger charge is -2.33. The Balaban J connectivity index is 1.35. The molecule has 1 heterocycles. The number of nitrogens with one attached hydrogen (secondary N) is 1. The molecule has 0 aliphatic carbocycles. The number of carbonyl (C=O) groups is 1. The van der Waals surface area contributed by atoms with E-state index >= 15 is 0 Å². The van der Waals surface area contributed by atoms with Gasteiger partial charge in [0.2, 0.25) is 5.91 Å². The summed E-state index contributed by atoms with van der Waals surface area (Å²) in [5, 5.41) is 13.4. The lowest BCUT2D eigenvalue weighted by atomic mass is 9.96. The van der Waals surface area contributed by atoms with Crippen molar-refractivity contribution in [1.82, 2.24) is 10.2 Å². The van der Waals surface area contributed by atoms with E-state index in [1.807, 2.05) is 60.7 Å². The molecule has 4 N–H and O–H groups in total. The summed E-state index contributed by atoms with van der Waals surface area (Å²) < 4.78 is 0. The molecule has 1 amide bonds. The molecule has 2 unspecified atom stereocenters. The van der Waals surface area contributed by atoms with E-state index < -0.39 is 12.1 Å². The maximum atomic E-state index is 12.3. The predicted molar refractivity (Wildman–Crippen MR) is 112 cm³/mol. The predicted octanol–water partition coefficient (Wildman–Crippen LogP) is 2.12. The quantitative estimate of drug-likeness (QED) is 0.654. The van der Waals surface area contributed by atoms with E-state index in [-0.39, 0.29) is 5.91 Å². The van der Waals surface area contributed by atoms with Gasteiger partial charge in [-0.1, -0.05) is 60.7 Å². The molecular weight excluding hydrogens is 350 g/mol. The number of benzene rings is 2. The van der Waals surface area contributed by atoms with Crippen LogP contribution in [0.4, 0.5) is 0 Å². The molecule has 0 bridgehead atoms. The maximum absolute atomic E-state index is 12.3. The van der Waals surface area contributed by atoms with Crippen LogP contribution in [-0.4, -0.2) is 48.1 Å². The largest absolute Gasteiger partial charge is 0.387 e. The molecule has 1 saturated heterocycles. The molecule has 5 heteroatoms. The number of carbonyl (C=O) groups excluding carboxylic acids is 1. The van der Waals surface area contributed by atoms with Gasteiger partial charge in [-0.05, 0) is 49.4 Å². The van der Waals surface area contributed by atoms with E-state index in [0.29, 0.717) is 25.4 Å². The van der Waals surface area contributed by atoms with Crippen LogP contribution in [0.5, 0.6) is 0 Å². The number of hydrogen-bond donors (Lipinski definition) is 3. The van der Waals surface area contributed by atoms with Crippen LogP contribution in [0.15, 0.2) is 60.7 Å². The second-order valence-corrected chi connectivity index (χ2v) is 7.71. The standard InChI is InChI=1S/C23H31N3O2/c24-21(15-18-7-3-1-4-8-18)23(28)25-16-19-11-13-26(14-12-19)17-22(27)20-9-5-2-6-10-20/h1-10,19,21-22,27H,11-17,24H2,(H,25,28). The molecular formula is C23H31N3O2. The fourth-order valence-corrected chi connectivity index (χ4v) is 3.74. The number of rotatable bonds is 8. The first-order valence-corrected chi connectivity index (χ1v) is 10.1. The molecule has 0 aromatic heterocycles. The summed E-state index contributed by atoms with van der Waals surface area (Å²) in [5.74, 6) is 0.392. The van der Waals surface area contributed by atoms with E-state index in [2.05, 4.69) is 10.2 Å². The highest BCUT2D eigenvalue weighted by atomic mass is 16.3. The van der Waals surface area contributed by atoms with E-state index in [1.54, 1.807) is 0 Å². The van der Waals surface area contributed by atoms with Crippen molar-refractivity contribution in [3.05, 3.63) is 71.8 Å². The zero-order chi connectivity index (χ0) is 19.8. The second-order valence-electron chi connectivity index (χ2n) is 7.71. The van der Waals surface area contributed by atoms with Crippen LogP contribution in [0.3, 0.4) is 0 Å². The first-order chi connectivity index (χ1) is 13.6. The highest BCUT2D eigenvalue weighted by Gasteiger charge is 2.23. The van der Waals surface area contributed by atoms with Crippen molar-refractivity contribution in [3.8, 4) is 0 Å². The van der Waals surface area contributed by atoms with Gasteiger partial charge in [-0.2, -0.15) is 0 Å². The zero-order valence-corrected chi connectivity index (χ0v) is 16.3. The van der Waals surface area contributed by atoms with Gasteiger partial charge in [0.1, 0.15) is 0 Å². The maximum Gasteiger partial charge on any atom is 0.237 e. The van der Waals surface area contributed by atoms with E-state index in [9.17, 15) is 9.90 Å². The molecule has 2 aromatic rings. The summed E-state index contributed by atoms with van der Waals surface area (Å²) in [6.07, 6.45) is 2.15. The Labute approximate surface area is 167 Å². The number of aliphatic hydroxyl groups is 1. The molecule has 150 valence electrons. The van der Waals surface area contributed by atoms with Crippen LogP contribution in [0.1, 0.15) is 30.1 Å². The van der Waals surface area contributed by atoms with Gasteiger partial charge >= 0.3 is 0 Å². The smallest absolute Gasteiger partial charge is 0.237 e. The summed E-state index contributed by atoms with van der Waals surface area (Å²) >= 11 is 0. The summed E-state index contributed by atoms with van der Waals surface area (Å²) in [5.41, 5.74) is 8.09. The molecule has 2 atom stereocenters. The summed E-state index contributed by atoms with van der Waals surface area (Å²) in [7, 11) is 0. The van der Waals surface area contributed by atoms with Gasteiger partial charge in [0.15, 0.2) is 0 Å². The average Bonchev–Trinajstić information content (AvgIpc) is 2.74. The van der Waals surface area contributed by atoms with Crippen LogP contribution >= 0.6 is 0 Å². The molecule has 1 fully saturated rings. The number of likely N-dealkylation sites (tertiary alicyclic amines) is 1. The third-order valence-corrected chi connectivity index (χ3v) is 5.52. The number of β-amino-alcohol motifs (C(OH)–C–C–N with tert-alkyl or cyclic N) is 1. The Hall–Kier alpha value is -2.21. The molecule has 28 heavy (non-hydrogen) atoms. The molecule has 0 saturated carbocycles. The van der Waals surface area contributed by atoms with Crippen molar-refractivity contribution >= 4 is 5.91 Å². The first kappa shape index (κ1) is 20.5. The number of piperidine rings is 1. The van der Waals surface area contributed by atoms with Gasteiger partial charge < -0.3 is 21.1 Å². The fourth-order valence-electron chi connectivity index (χ4n) is 3.74. The van der Waals surface area contributed by atoms with Gasteiger partial charge in [-0.15, -0.1) is 0 Å². The normalized spacial score (nSPS) is 17.8. The summed E-state index contributed by atoms with van der Waals surface area (Å²) in [4.78, 5) is 14.6. The van der Waals surface area contributed by atoms with Gasteiger partial charge in [0.25, 0.3) is 0 Å². The minimum Gasteiger partial charge on any atom is -0.387 e. The number of aliphatic hydroxyl groups excluding tert-OH is 1. The number of hydrogen-bond acceptors (Lipinski definition) is 4. The van der Waals surface area contributed by atoms with Crippen LogP contribution in [0.25, 0.3) is 0 Å². The van der Waals surface area contributed by atoms with Crippen molar-refractivity contribution in [3.63, 3.8) is 0 Å². The van der Waals surface area contributed by atoms with Gasteiger partial charge in [0, 0.05) is 13.1 Å². The topological polar surface area (TPSA) is 78.6 Å². The highest BCUT2D eigenvalue weighted by molar-refractivity contribution is 5.81. The average molecular weight is 382 g/mol. The lowest BCUT2D eigenvalue weighted by molar-refractivity contribution is -0.122. The monoisotopic (exact) mass is 381 g/mol. The van der Waals surface area contributed by atoms with Crippen LogP contribution < -0.4 is 11.1 Å². The molecule has 3 rings (SSSR count). The van der Waals surface area contributed by atoms with Gasteiger partial charge in [-0.3, -0.25) is 4.79 Å². The molecule has 1 aliphatic heterocycles. The first-order valence-electron chi connectivity index (χ1n) is 10.1. The van der Waals surface area contributed by atoms with E-state index in [0.717, 1.165) is 37.1 Å².